The van der Waals surface area contributed by atoms with Gasteiger partial charge in [0.1, 0.15) is 12.0 Å². The highest BCUT2D eigenvalue weighted by atomic mass is 35.5. The van der Waals surface area contributed by atoms with Crippen LogP contribution >= 0.6 is 11.6 Å². The number of hydrogen-bond donors (Lipinski definition) is 3. The van der Waals surface area contributed by atoms with Crippen molar-refractivity contribution < 1.29 is 13.4 Å². The second-order valence-corrected chi connectivity index (χ2v) is 10.2. The van der Waals surface area contributed by atoms with E-state index in [1.165, 1.54) is 35.3 Å². The number of amides is 2. The molecule has 1 atom stereocenters. The van der Waals surface area contributed by atoms with Gasteiger partial charge in [0.2, 0.25) is 0 Å². The van der Waals surface area contributed by atoms with Crippen molar-refractivity contribution in [2.45, 2.75) is 44.7 Å². The molecule has 178 valence electrons. The Bertz CT molecular complexity index is 1390. The van der Waals surface area contributed by atoms with E-state index in [0.717, 1.165) is 0 Å². The van der Waals surface area contributed by atoms with Crippen LogP contribution in [0.5, 0.6) is 0 Å². The Balaban J connectivity index is 2.01. The summed E-state index contributed by atoms with van der Waals surface area (Å²) in [5.74, 6) is -0.614. The molecule has 0 radical (unpaired) electrons. The van der Waals surface area contributed by atoms with Gasteiger partial charge < -0.3 is 10.2 Å². The monoisotopic (exact) mass is 503 g/mol. The van der Waals surface area contributed by atoms with Crippen molar-refractivity contribution >= 4 is 39.1 Å². The van der Waals surface area contributed by atoms with E-state index in [2.05, 4.69) is 25.0 Å². The summed E-state index contributed by atoms with van der Waals surface area (Å²) in [7, 11) is -3.90. The number of aromatic nitrogens is 3. The van der Waals surface area contributed by atoms with Crippen LogP contribution < -0.4 is 10.0 Å². The highest BCUT2D eigenvalue weighted by Gasteiger charge is 2.24. The lowest BCUT2D eigenvalue weighted by atomic mass is 9.94. The number of benzene rings is 1. The van der Waals surface area contributed by atoms with Gasteiger partial charge in [-0.15, -0.1) is 4.98 Å². The van der Waals surface area contributed by atoms with E-state index in [1.54, 1.807) is 6.07 Å². The average Bonchev–Trinajstić information content (AvgIpc) is 3.17. The number of carbonyl (C=O) groups excluding carboxylic acids is 1. The average molecular weight is 504 g/mol. The number of halogens is 2. The van der Waals surface area contributed by atoms with Crippen molar-refractivity contribution in [3.05, 3.63) is 64.5 Å². The summed E-state index contributed by atoms with van der Waals surface area (Å²) in [6.45, 7) is 14.5. The summed E-state index contributed by atoms with van der Waals surface area (Å²) in [6, 6.07) is 4.53. The van der Waals surface area contributed by atoms with Gasteiger partial charge >= 0.3 is 6.03 Å². The third kappa shape index (κ3) is 5.35. The Hall–Kier alpha value is -3.49. The molecule has 0 saturated heterocycles. The van der Waals surface area contributed by atoms with Gasteiger partial charge in [0, 0.05) is 17.8 Å². The van der Waals surface area contributed by atoms with E-state index in [1.807, 2.05) is 27.7 Å². The third-order valence-electron chi connectivity index (χ3n) is 4.86. The van der Waals surface area contributed by atoms with E-state index < -0.39 is 21.8 Å². The number of anilines is 1. The molecule has 3 N–H and O–H groups in total. The molecule has 1 aromatic carbocycles. The number of rotatable bonds is 6. The zero-order valence-electron chi connectivity index (χ0n) is 18.9. The molecule has 2 aromatic heterocycles. The maximum Gasteiger partial charge on any atom is 0.332 e. The first-order valence-corrected chi connectivity index (χ1v) is 12.2. The fourth-order valence-corrected chi connectivity index (χ4v) is 4.64. The Kier molecular flexibility index (Phi) is 7.24. The Morgan fingerprint density at radius 1 is 1.29 bits per heavy atom. The summed E-state index contributed by atoms with van der Waals surface area (Å²) in [4.78, 5) is 20.1. The van der Waals surface area contributed by atoms with Gasteiger partial charge in [-0.3, -0.25) is 4.68 Å². The van der Waals surface area contributed by atoms with Gasteiger partial charge in [-0.1, -0.05) is 32.0 Å². The molecule has 2 heterocycles. The molecular weight excluding hydrogens is 481 g/mol. The maximum atomic E-state index is 14.5. The zero-order chi connectivity index (χ0) is 25.2. The van der Waals surface area contributed by atoms with Crippen molar-refractivity contribution in [1.29, 1.82) is 4.78 Å². The SMILES string of the molecule is [C-]#[N+]c1cc(-c2cc(F)cc(C(C)C)c2NC(=O)NS(=N)(=O)c2nn(C(C)C)cc2Cl)ccn1. The molecule has 0 aliphatic carbocycles. The van der Waals surface area contributed by atoms with Gasteiger partial charge in [0.25, 0.3) is 5.82 Å². The van der Waals surface area contributed by atoms with Crippen LogP contribution in [0.3, 0.4) is 0 Å². The molecule has 9 nitrogen and oxygen atoms in total. The van der Waals surface area contributed by atoms with Crippen molar-refractivity contribution in [3.8, 4) is 11.1 Å². The minimum Gasteiger partial charge on any atom is -0.361 e. The highest BCUT2D eigenvalue weighted by Crippen LogP contribution is 2.37. The summed E-state index contributed by atoms with van der Waals surface area (Å²) >= 11 is 6.11. The minimum atomic E-state index is -3.90. The van der Waals surface area contributed by atoms with E-state index in [4.69, 9.17) is 23.0 Å². The number of nitrogens with one attached hydrogen (secondary N) is 3. The smallest absolute Gasteiger partial charge is 0.332 e. The predicted molar refractivity (Wildman–Crippen MR) is 129 cm³/mol. The highest BCUT2D eigenvalue weighted by molar-refractivity contribution is 7.91. The van der Waals surface area contributed by atoms with E-state index in [-0.39, 0.29) is 33.5 Å². The number of hydrogen-bond acceptors (Lipinski definition) is 5. The molecule has 0 aliphatic rings. The van der Waals surface area contributed by atoms with Gasteiger partial charge in [-0.2, -0.15) is 5.10 Å². The largest absolute Gasteiger partial charge is 0.361 e. The zero-order valence-corrected chi connectivity index (χ0v) is 20.5. The lowest BCUT2D eigenvalue weighted by Gasteiger charge is -2.19. The number of carbonyl (C=O) groups is 1. The molecule has 0 aliphatic heterocycles. The van der Waals surface area contributed by atoms with Crippen LogP contribution in [0, 0.1) is 17.2 Å². The standard InChI is InChI=1S/C22H23ClFN7O2S/c1-12(2)16-9-15(24)10-17(14-6-7-27-19(8-14)26-5)20(16)28-22(32)30-34(25,33)21-18(23)11-31(29-21)13(3)4/h6-13H,1-4H3,(H3,25,28,30,32,33). The summed E-state index contributed by atoms with van der Waals surface area (Å²) < 4.78 is 39.2. The van der Waals surface area contributed by atoms with E-state index >= 15 is 0 Å². The number of nitrogens with zero attached hydrogens (tertiary/aromatic N) is 4. The molecule has 0 bridgehead atoms. The normalized spacial score (nSPS) is 12.9. The van der Waals surface area contributed by atoms with Gasteiger partial charge in [0.15, 0.2) is 14.9 Å². The van der Waals surface area contributed by atoms with Crippen molar-refractivity contribution in [2.24, 2.45) is 0 Å². The quantitative estimate of drug-likeness (QED) is 0.350. The Labute approximate surface area is 202 Å². The molecule has 3 aromatic rings. The Morgan fingerprint density at radius 2 is 2.00 bits per heavy atom. The molecular formula is C22H23ClFN7O2S. The lowest BCUT2D eigenvalue weighted by molar-refractivity contribution is 0.256. The van der Waals surface area contributed by atoms with Crippen LogP contribution in [-0.2, 0) is 9.92 Å². The molecule has 0 saturated carbocycles. The first kappa shape index (κ1) is 25.1. The van der Waals surface area contributed by atoms with Crippen LogP contribution in [0.1, 0.15) is 45.2 Å². The summed E-state index contributed by atoms with van der Waals surface area (Å²) in [6.07, 6.45) is 2.85. The van der Waals surface area contributed by atoms with Crippen LogP contribution in [0.25, 0.3) is 16.0 Å². The van der Waals surface area contributed by atoms with Gasteiger partial charge in [-0.25, -0.2) is 22.9 Å². The van der Waals surface area contributed by atoms with Crippen LogP contribution in [0.2, 0.25) is 5.02 Å². The van der Waals surface area contributed by atoms with Gasteiger partial charge in [0.05, 0.1) is 10.7 Å². The second kappa shape index (κ2) is 9.79. The van der Waals surface area contributed by atoms with Crippen molar-refractivity contribution in [2.75, 3.05) is 5.32 Å². The van der Waals surface area contributed by atoms with Crippen molar-refractivity contribution in [3.63, 3.8) is 0 Å². The first-order chi connectivity index (χ1) is 15.9. The summed E-state index contributed by atoms with van der Waals surface area (Å²) in [5, 5.41) is 6.41. The molecule has 0 spiro atoms. The summed E-state index contributed by atoms with van der Waals surface area (Å²) in [5.41, 5.74) is 1.50. The molecule has 1 unspecified atom stereocenters. The topological polar surface area (TPSA) is 117 Å². The molecule has 0 fully saturated rings. The fraction of sp³-hybridized carbons (Fsp3) is 0.273. The van der Waals surface area contributed by atoms with Gasteiger partial charge in [-0.05, 0) is 55.2 Å². The first-order valence-electron chi connectivity index (χ1n) is 10.2. The molecule has 12 heteroatoms. The van der Waals surface area contributed by atoms with Crippen LogP contribution in [-0.4, -0.2) is 25.0 Å². The van der Waals surface area contributed by atoms with E-state index in [9.17, 15) is 13.4 Å². The lowest BCUT2D eigenvalue weighted by Crippen LogP contribution is -2.34. The minimum absolute atomic E-state index is 0.0113. The number of urea groups is 1. The molecule has 34 heavy (non-hydrogen) atoms. The number of pyridine rings is 1. The van der Waals surface area contributed by atoms with Crippen LogP contribution in [0.4, 0.5) is 20.7 Å². The molecule has 2 amide bonds. The Morgan fingerprint density at radius 3 is 2.59 bits per heavy atom. The molecule has 3 rings (SSSR count). The van der Waals surface area contributed by atoms with Crippen LogP contribution in [0.15, 0.2) is 41.7 Å². The third-order valence-corrected chi connectivity index (χ3v) is 6.57. The van der Waals surface area contributed by atoms with E-state index in [0.29, 0.717) is 16.7 Å². The maximum absolute atomic E-state index is 14.5. The fourth-order valence-electron chi connectivity index (χ4n) is 3.23. The second-order valence-electron chi connectivity index (χ2n) is 8.06. The predicted octanol–water partition coefficient (Wildman–Crippen LogP) is 6.14. The van der Waals surface area contributed by atoms with Crippen molar-refractivity contribution in [1.82, 2.24) is 19.5 Å².